The topological polar surface area (TPSA) is 61.6 Å². The Kier molecular flexibility index (Phi) is 5.59. The van der Waals surface area contributed by atoms with E-state index in [4.69, 9.17) is 5.73 Å². The van der Waals surface area contributed by atoms with Gasteiger partial charge < -0.3 is 16.0 Å². The van der Waals surface area contributed by atoms with Crippen LogP contribution in [0.2, 0.25) is 0 Å². The van der Waals surface area contributed by atoms with Crippen LogP contribution in [0.4, 0.5) is 11.4 Å². The van der Waals surface area contributed by atoms with Gasteiger partial charge in [-0.25, -0.2) is 0 Å². The van der Waals surface area contributed by atoms with Gasteiger partial charge in [0.15, 0.2) is 0 Å². The summed E-state index contributed by atoms with van der Waals surface area (Å²) in [4.78, 5) is 16.7. The van der Waals surface area contributed by atoms with E-state index in [2.05, 4.69) is 29.0 Å². The van der Waals surface area contributed by atoms with Gasteiger partial charge in [-0.2, -0.15) is 0 Å². The third-order valence-corrected chi connectivity index (χ3v) is 4.09. The standard InChI is InChI=1S/C16H26N4O/c1-3-13-5-6-14(11-15(13)17)18-16(21)12-20-9-7-19(4-2)8-10-20/h5-6,11H,3-4,7-10,12,17H2,1-2H3,(H,18,21). The summed E-state index contributed by atoms with van der Waals surface area (Å²) in [6.07, 6.45) is 0.905. The fourth-order valence-corrected chi connectivity index (χ4v) is 2.66. The number of nitrogens with zero attached hydrogens (tertiary/aromatic N) is 2. The number of nitrogen functional groups attached to an aromatic ring is 1. The van der Waals surface area contributed by atoms with Gasteiger partial charge in [-0.1, -0.05) is 19.9 Å². The van der Waals surface area contributed by atoms with Crippen LogP contribution in [0.15, 0.2) is 18.2 Å². The summed E-state index contributed by atoms with van der Waals surface area (Å²) in [5.41, 5.74) is 8.59. The molecule has 0 aromatic heterocycles. The number of hydrogen-bond donors (Lipinski definition) is 2. The molecule has 0 radical (unpaired) electrons. The molecule has 21 heavy (non-hydrogen) atoms. The number of carbonyl (C=O) groups excluding carboxylic acids is 1. The monoisotopic (exact) mass is 290 g/mol. The van der Waals surface area contributed by atoms with E-state index in [1.54, 1.807) is 0 Å². The highest BCUT2D eigenvalue weighted by atomic mass is 16.2. The van der Waals surface area contributed by atoms with Crippen molar-refractivity contribution in [2.24, 2.45) is 0 Å². The zero-order valence-electron chi connectivity index (χ0n) is 13.1. The fraction of sp³-hybridized carbons (Fsp3) is 0.562. The summed E-state index contributed by atoms with van der Waals surface area (Å²) in [6, 6.07) is 5.73. The number of amides is 1. The maximum absolute atomic E-state index is 12.1. The molecule has 116 valence electrons. The van der Waals surface area contributed by atoms with Crippen LogP contribution < -0.4 is 11.1 Å². The molecule has 1 aromatic carbocycles. The molecule has 0 unspecified atom stereocenters. The van der Waals surface area contributed by atoms with Crippen molar-refractivity contribution < 1.29 is 4.79 Å². The average Bonchev–Trinajstić information content (AvgIpc) is 2.48. The third-order valence-electron chi connectivity index (χ3n) is 4.09. The third kappa shape index (κ3) is 4.44. The number of piperazine rings is 1. The molecule has 0 atom stereocenters. The predicted octanol–water partition coefficient (Wildman–Crippen LogP) is 1.41. The van der Waals surface area contributed by atoms with Crippen LogP contribution >= 0.6 is 0 Å². The minimum Gasteiger partial charge on any atom is -0.398 e. The van der Waals surface area contributed by atoms with Crippen molar-refractivity contribution in [2.45, 2.75) is 20.3 Å². The highest BCUT2D eigenvalue weighted by Crippen LogP contribution is 2.18. The first-order valence-corrected chi connectivity index (χ1v) is 7.75. The van der Waals surface area contributed by atoms with Gasteiger partial charge in [-0.3, -0.25) is 9.69 Å². The van der Waals surface area contributed by atoms with Crippen molar-refractivity contribution in [3.8, 4) is 0 Å². The molecule has 1 aromatic rings. The minimum atomic E-state index is 0.0311. The normalized spacial score (nSPS) is 16.9. The van der Waals surface area contributed by atoms with Crippen molar-refractivity contribution in [2.75, 3.05) is 50.3 Å². The molecule has 1 amide bonds. The summed E-state index contributed by atoms with van der Waals surface area (Å²) >= 11 is 0. The van der Waals surface area contributed by atoms with Gasteiger partial charge in [0.1, 0.15) is 0 Å². The van der Waals surface area contributed by atoms with Gasteiger partial charge in [0.25, 0.3) is 0 Å². The zero-order valence-corrected chi connectivity index (χ0v) is 13.1. The number of rotatable bonds is 5. The van der Waals surface area contributed by atoms with Crippen molar-refractivity contribution in [1.82, 2.24) is 9.80 Å². The highest BCUT2D eigenvalue weighted by Gasteiger charge is 2.17. The Morgan fingerprint density at radius 3 is 2.43 bits per heavy atom. The molecular weight excluding hydrogens is 264 g/mol. The molecule has 1 saturated heterocycles. The molecule has 3 N–H and O–H groups in total. The molecule has 0 bridgehead atoms. The Morgan fingerprint density at radius 1 is 1.19 bits per heavy atom. The van der Waals surface area contributed by atoms with Crippen LogP contribution in [-0.4, -0.2) is 55.0 Å². The number of aryl methyl sites for hydroxylation is 1. The lowest BCUT2D eigenvalue weighted by molar-refractivity contribution is -0.117. The molecule has 2 rings (SSSR count). The summed E-state index contributed by atoms with van der Waals surface area (Å²) < 4.78 is 0. The summed E-state index contributed by atoms with van der Waals surface area (Å²) in [6.45, 7) is 9.78. The van der Waals surface area contributed by atoms with Crippen LogP contribution in [0.25, 0.3) is 0 Å². The van der Waals surface area contributed by atoms with Gasteiger partial charge in [0, 0.05) is 37.6 Å². The van der Waals surface area contributed by atoms with E-state index in [0.29, 0.717) is 6.54 Å². The second-order valence-corrected chi connectivity index (χ2v) is 5.53. The molecule has 1 fully saturated rings. The van der Waals surface area contributed by atoms with Crippen molar-refractivity contribution >= 4 is 17.3 Å². The van der Waals surface area contributed by atoms with Gasteiger partial charge >= 0.3 is 0 Å². The van der Waals surface area contributed by atoms with Gasteiger partial charge in [0.05, 0.1) is 6.54 Å². The molecule has 0 aliphatic carbocycles. The van der Waals surface area contributed by atoms with Gasteiger partial charge in [0.2, 0.25) is 5.91 Å². The van der Waals surface area contributed by atoms with E-state index >= 15 is 0 Å². The van der Waals surface area contributed by atoms with Crippen molar-refractivity contribution in [3.63, 3.8) is 0 Å². The lowest BCUT2D eigenvalue weighted by Gasteiger charge is -2.33. The van der Waals surface area contributed by atoms with E-state index in [0.717, 1.165) is 56.1 Å². The Bertz CT molecular complexity index is 481. The maximum atomic E-state index is 12.1. The van der Waals surface area contributed by atoms with Gasteiger partial charge in [-0.15, -0.1) is 0 Å². The first-order valence-electron chi connectivity index (χ1n) is 7.75. The van der Waals surface area contributed by atoms with Crippen LogP contribution in [-0.2, 0) is 11.2 Å². The van der Waals surface area contributed by atoms with E-state index in [1.807, 2.05) is 18.2 Å². The predicted molar refractivity (Wildman–Crippen MR) is 87.4 cm³/mol. The molecule has 0 spiro atoms. The molecule has 0 saturated carbocycles. The van der Waals surface area contributed by atoms with E-state index < -0.39 is 0 Å². The number of nitrogens with two attached hydrogens (primary N) is 1. The SMILES string of the molecule is CCc1ccc(NC(=O)CN2CCN(CC)CC2)cc1N. The van der Waals surface area contributed by atoms with Crippen LogP contribution in [0.5, 0.6) is 0 Å². The lowest BCUT2D eigenvalue weighted by atomic mass is 10.1. The van der Waals surface area contributed by atoms with E-state index in [-0.39, 0.29) is 5.91 Å². The highest BCUT2D eigenvalue weighted by molar-refractivity contribution is 5.92. The average molecular weight is 290 g/mol. The fourth-order valence-electron chi connectivity index (χ4n) is 2.66. The Labute approximate surface area is 127 Å². The van der Waals surface area contributed by atoms with E-state index in [9.17, 15) is 4.79 Å². The molecule has 1 heterocycles. The molecule has 5 heteroatoms. The number of hydrogen-bond acceptors (Lipinski definition) is 4. The van der Waals surface area contributed by atoms with Gasteiger partial charge in [-0.05, 0) is 30.7 Å². The number of nitrogens with one attached hydrogen (secondary N) is 1. The van der Waals surface area contributed by atoms with Crippen LogP contribution in [0.1, 0.15) is 19.4 Å². The Morgan fingerprint density at radius 2 is 1.86 bits per heavy atom. The first kappa shape index (κ1) is 15.8. The largest absolute Gasteiger partial charge is 0.398 e. The number of anilines is 2. The van der Waals surface area contributed by atoms with Crippen molar-refractivity contribution in [1.29, 1.82) is 0 Å². The maximum Gasteiger partial charge on any atom is 0.238 e. The lowest BCUT2D eigenvalue weighted by Crippen LogP contribution is -2.48. The number of carbonyl (C=O) groups is 1. The molecule has 1 aliphatic heterocycles. The zero-order chi connectivity index (χ0) is 15.2. The quantitative estimate of drug-likeness (QED) is 0.805. The number of likely N-dealkylation sites (N-methyl/N-ethyl adjacent to an activating group) is 1. The van der Waals surface area contributed by atoms with E-state index in [1.165, 1.54) is 0 Å². The second kappa shape index (κ2) is 7.43. The smallest absolute Gasteiger partial charge is 0.238 e. The minimum absolute atomic E-state index is 0.0311. The Hall–Kier alpha value is -1.59. The molecule has 1 aliphatic rings. The second-order valence-electron chi connectivity index (χ2n) is 5.53. The summed E-state index contributed by atoms with van der Waals surface area (Å²) in [7, 11) is 0. The van der Waals surface area contributed by atoms with Crippen LogP contribution in [0, 0.1) is 0 Å². The summed E-state index contributed by atoms with van der Waals surface area (Å²) in [5, 5.41) is 2.93. The first-order chi connectivity index (χ1) is 10.1. The number of benzene rings is 1. The van der Waals surface area contributed by atoms with Crippen molar-refractivity contribution in [3.05, 3.63) is 23.8 Å². The Balaban J connectivity index is 1.83. The molecular formula is C16H26N4O. The van der Waals surface area contributed by atoms with Crippen LogP contribution in [0.3, 0.4) is 0 Å². The molecule has 5 nitrogen and oxygen atoms in total. The summed E-state index contributed by atoms with van der Waals surface area (Å²) in [5.74, 6) is 0.0311.